The van der Waals surface area contributed by atoms with Crippen molar-refractivity contribution in [2.75, 3.05) is 12.3 Å². The summed E-state index contributed by atoms with van der Waals surface area (Å²) in [6.45, 7) is 5.37. The minimum absolute atomic E-state index is 0.484. The molecule has 0 heterocycles. The summed E-state index contributed by atoms with van der Waals surface area (Å²) in [6, 6.07) is 15.2. The van der Waals surface area contributed by atoms with Crippen molar-refractivity contribution in [1.29, 1.82) is 0 Å². The third-order valence-electron chi connectivity index (χ3n) is 3.86. The van der Waals surface area contributed by atoms with E-state index in [1.165, 1.54) is 16.7 Å². The number of anilines is 1. The summed E-state index contributed by atoms with van der Waals surface area (Å²) in [5, 5.41) is 4.22. The van der Waals surface area contributed by atoms with Crippen molar-refractivity contribution in [2.24, 2.45) is 0 Å². The number of aryl methyl sites for hydroxylation is 2. The second-order valence-electron chi connectivity index (χ2n) is 6.00. The Kier molecular flexibility index (Phi) is 6.29. The van der Waals surface area contributed by atoms with Crippen LogP contribution in [0, 0.1) is 6.92 Å². The molecule has 0 aliphatic heterocycles. The maximum atomic E-state index is 5.93. The van der Waals surface area contributed by atoms with Gasteiger partial charge in [0.15, 0.2) is 0 Å². The van der Waals surface area contributed by atoms with Gasteiger partial charge in [-0.15, -0.1) is 0 Å². The molecule has 0 fully saturated rings. The first-order chi connectivity index (χ1) is 10.5. The Labute approximate surface area is 138 Å². The van der Waals surface area contributed by atoms with Gasteiger partial charge in [0.25, 0.3) is 0 Å². The van der Waals surface area contributed by atoms with Crippen molar-refractivity contribution >= 4 is 17.3 Å². The Balaban J connectivity index is 1.69. The summed E-state index contributed by atoms with van der Waals surface area (Å²) in [5.74, 6) is 0. The van der Waals surface area contributed by atoms with Crippen LogP contribution >= 0.6 is 11.6 Å². The fourth-order valence-corrected chi connectivity index (χ4v) is 2.66. The van der Waals surface area contributed by atoms with Gasteiger partial charge in [-0.05, 0) is 62.9 Å². The Morgan fingerprint density at radius 1 is 1.09 bits per heavy atom. The van der Waals surface area contributed by atoms with E-state index < -0.39 is 0 Å². The Morgan fingerprint density at radius 2 is 1.77 bits per heavy atom. The van der Waals surface area contributed by atoms with Gasteiger partial charge < -0.3 is 11.1 Å². The molecule has 0 amide bonds. The standard InChI is InChI=1S/C19H25ClN2/c1-14-5-7-17(8-6-14)12-15(2)22-11-3-4-16-9-10-18(20)19(21)13-16/h5-10,13,15,22H,3-4,11-12,21H2,1-2H3. The van der Waals surface area contributed by atoms with Gasteiger partial charge in [0.05, 0.1) is 10.7 Å². The third kappa shape index (κ3) is 5.36. The van der Waals surface area contributed by atoms with Crippen molar-refractivity contribution in [3.63, 3.8) is 0 Å². The van der Waals surface area contributed by atoms with E-state index in [2.05, 4.69) is 49.5 Å². The SMILES string of the molecule is Cc1ccc(CC(C)NCCCc2ccc(Cl)c(N)c2)cc1. The molecule has 2 aromatic rings. The van der Waals surface area contributed by atoms with Crippen molar-refractivity contribution in [2.45, 2.75) is 39.2 Å². The lowest BCUT2D eigenvalue weighted by atomic mass is 10.1. The maximum Gasteiger partial charge on any atom is 0.0635 e. The number of hydrogen-bond donors (Lipinski definition) is 2. The van der Waals surface area contributed by atoms with E-state index in [1.807, 2.05) is 12.1 Å². The highest BCUT2D eigenvalue weighted by atomic mass is 35.5. The van der Waals surface area contributed by atoms with E-state index in [-0.39, 0.29) is 0 Å². The summed E-state index contributed by atoms with van der Waals surface area (Å²) >= 11 is 5.93. The highest BCUT2D eigenvalue weighted by molar-refractivity contribution is 6.33. The van der Waals surface area contributed by atoms with Crippen LogP contribution in [-0.4, -0.2) is 12.6 Å². The number of halogens is 1. The third-order valence-corrected chi connectivity index (χ3v) is 4.20. The molecular weight excluding hydrogens is 292 g/mol. The molecule has 2 aromatic carbocycles. The highest BCUT2D eigenvalue weighted by Crippen LogP contribution is 2.20. The molecule has 22 heavy (non-hydrogen) atoms. The molecule has 2 rings (SSSR count). The van der Waals surface area contributed by atoms with Crippen molar-refractivity contribution in [1.82, 2.24) is 5.32 Å². The van der Waals surface area contributed by atoms with Crippen LogP contribution in [0.3, 0.4) is 0 Å². The van der Waals surface area contributed by atoms with Gasteiger partial charge in [-0.2, -0.15) is 0 Å². The van der Waals surface area contributed by atoms with Gasteiger partial charge in [-0.3, -0.25) is 0 Å². The Bertz CT molecular complexity index is 593. The quantitative estimate of drug-likeness (QED) is 0.587. The fraction of sp³-hybridized carbons (Fsp3) is 0.368. The first-order valence-electron chi connectivity index (χ1n) is 7.87. The van der Waals surface area contributed by atoms with Crippen LogP contribution < -0.4 is 11.1 Å². The van der Waals surface area contributed by atoms with Crippen molar-refractivity contribution in [3.05, 3.63) is 64.2 Å². The van der Waals surface area contributed by atoms with Crippen LogP contribution in [0.2, 0.25) is 5.02 Å². The smallest absolute Gasteiger partial charge is 0.0635 e. The van der Waals surface area contributed by atoms with E-state index in [9.17, 15) is 0 Å². The molecule has 0 bridgehead atoms. The molecule has 0 spiro atoms. The minimum atomic E-state index is 0.484. The molecule has 0 saturated heterocycles. The van der Waals surface area contributed by atoms with Crippen LogP contribution in [0.4, 0.5) is 5.69 Å². The van der Waals surface area contributed by atoms with E-state index >= 15 is 0 Å². The van der Waals surface area contributed by atoms with Gasteiger partial charge in [0.1, 0.15) is 0 Å². The topological polar surface area (TPSA) is 38.0 Å². The van der Waals surface area contributed by atoms with Gasteiger partial charge in [0.2, 0.25) is 0 Å². The second-order valence-corrected chi connectivity index (χ2v) is 6.41. The number of nitrogens with one attached hydrogen (secondary N) is 1. The average molecular weight is 317 g/mol. The van der Waals surface area contributed by atoms with Gasteiger partial charge in [-0.1, -0.05) is 47.5 Å². The summed E-state index contributed by atoms with van der Waals surface area (Å²) in [4.78, 5) is 0. The molecular formula is C19H25ClN2. The molecule has 0 saturated carbocycles. The Hall–Kier alpha value is -1.51. The Morgan fingerprint density at radius 3 is 2.45 bits per heavy atom. The van der Waals surface area contributed by atoms with Crippen LogP contribution in [-0.2, 0) is 12.8 Å². The first-order valence-corrected chi connectivity index (χ1v) is 8.25. The van der Waals surface area contributed by atoms with Gasteiger partial charge in [0, 0.05) is 6.04 Å². The zero-order chi connectivity index (χ0) is 15.9. The molecule has 3 N–H and O–H groups in total. The minimum Gasteiger partial charge on any atom is -0.398 e. The van der Waals surface area contributed by atoms with E-state index in [1.54, 1.807) is 0 Å². The molecule has 1 atom stereocenters. The fourth-order valence-electron chi connectivity index (χ4n) is 2.54. The molecule has 0 aliphatic carbocycles. The van der Waals surface area contributed by atoms with E-state index in [4.69, 9.17) is 17.3 Å². The average Bonchev–Trinajstić information content (AvgIpc) is 2.49. The lowest BCUT2D eigenvalue weighted by Gasteiger charge is -2.14. The highest BCUT2D eigenvalue weighted by Gasteiger charge is 2.03. The maximum absolute atomic E-state index is 5.93. The predicted octanol–water partition coefficient (Wildman–Crippen LogP) is 4.38. The van der Waals surface area contributed by atoms with Crippen LogP contribution in [0.25, 0.3) is 0 Å². The number of hydrogen-bond acceptors (Lipinski definition) is 2. The molecule has 0 aliphatic rings. The van der Waals surface area contributed by atoms with Crippen LogP contribution in [0.1, 0.15) is 30.0 Å². The summed E-state index contributed by atoms with van der Waals surface area (Å²) in [5.41, 5.74) is 10.4. The second kappa shape index (κ2) is 8.21. The lowest BCUT2D eigenvalue weighted by molar-refractivity contribution is 0.534. The van der Waals surface area contributed by atoms with Crippen molar-refractivity contribution in [3.8, 4) is 0 Å². The number of benzene rings is 2. The number of nitrogen functional groups attached to an aromatic ring is 1. The van der Waals surface area contributed by atoms with Crippen LogP contribution in [0.15, 0.2) is 42.5 Å². The predicted molar refractivity (Wildman–Crippen MR) is 96.5 cm³/mol. The number of nitrogens with two attached hydrogens (primary N) is 1. The van der Waals surface area contributed by atoms with Crippen LogP contribution in [0.5, 0.6) is 0 Å². The number of rotatable bonds is 7. The molecule has 118 valence electrons. The summed E-state index contributed by atoms with van der Waals surface area (Å²) < 4.78 is 0. The molecule has 1 unspecified atom stereocenters. The van der Waals surface area contributed by atoms with Crippen molar-refractivity contribution < 1.29 is 0 Å². The summed E-state index contributed by atoms with van der Waals surface area (Å²) in [7, 11) is 0. The normalized spacial score (nSPS) is 12.3. The summed E-state index contributed by atoms with van der Waals surface area (Å²) in [6.07, 6.45) is 3.18. The van der Waals surface area contributed by atoms with Gasteiger partial charge >= 0.3 is 0 Å². The molecule has 0 aromatic heterocycles. The largest absolute Gasteiger partial charge is 0.398 e. The van der Waals surface area contributed by atoms with E-state index in [0.29, 0.717) is 16.8 Å². The first kappa shape index (κ1) is 16.9. The van der Waals surface area contributed by atoms with Gasteiger partial charge in [-0.25, -0.2) is 0 Å². The molecule has 2 nitrogen and oxygen atoms in total. The zero-order valence-corrected chi connectivity index (χ0v) is 14.2. The lowest BCUT2D eigenvalue weighted by Crippen LogP contribution is -2.29. The molecule has 3 heteroatoms. The monoisotopic (exact) mass is 316 g/mol. The zero-order valence-electron chi connectivity index (χ0n) is 13.4. The van der Waals surface area contributed by atoms with E-state index in [0.717, 1.165) is 25.8 Å². The molecule has 0 radical (unpaired) electrons.